The van der Waals surface area contributed by atoms with Crippen molar-refractivity contribution in [3.63, 3.8) is 0 Å². The number of piperidine rings is 1. The topological polar surface area (TPSA) is 41.1 Å². The molecule has 21 heavy (non-hydrogen) atoms. The SMILES string of the molecule is Cl.O=C(Nc1ccc(Cl)c(C(F)(F)F)c1)[C@H]1CCCCN1. The Bertz CT molecular complexity index is 503. The number of hydrogen-bond donors (Lipinski definition) is 2. The van der Waals surface area contributed by atoms with Gasteiger partial charge >= 0.3 is 6.18 Å². The van der Waals surface area contributed by atoms with Crippen LogP contribution in [0.15, 0.2) is 18.2 Å². The zero-order valence-electron chi connectivity index (χ0n) is 11.0. The van der Waals surface area contributed by atoms with Gasteiger partial charge < -0.3 is 10.6 Å². The predicted molar refractivity (Wildman–Crippen MR) is 78.0 cm³/mol. The number of rotatable bonds is 2. The van der Waals surface area contributed by atoms with Gasteiger partial charge in [-0.3, -0.25) is 4.79 Å². The number of hydrogen-bond acceptors (Lipinski definition) is 2. The average molecular weight is 343 g/mol. The van der Waals surface area contributed by atoms with Gasteiger partial charge in [0.25, 0.3) is 0 Å². The van der Waals surface area contributed by atoms with Crippen LogP contribution in [0.2, 0.25) is 5.02 Å². The summed E-state index contributed by atoms with van der Waals surface area (Å²) >= 11 is 5.52. The minimum Gasteiger partial charge on any atom is -0.325 e. The first-order valence-electron chi connectivity index (χ1n) is 6.29. The highest BCUT2D eigenvalue weighted by Gasteiger charge is 2.33. The lowest BCUT2D eigenvalue weighted by Crippen LogP contribution is -2.43. The van der Waals surface area contributed by atoms with Crippen LogP contribution in [0.1, 0.15) is 24.8 Å². The van der Waals surface area contributed by atoms with Crippen LogP contribution in [0.25, 0.3) is 0 Å². The van der Waals surface area contributed by atoms with Crippen LogP contribution in [0.3, 0.4) is 0 Å². The summed E-state index contributed by atoms with van der Waals surface area (Å²) in [5, 5.41) is 5.14. The maximum Gasteiger partial charge on any atom is 0.417 e. The summed E-state index contributed by atoms with van der Waals surface area (Å²) in [4.78, 5) is 11.9. The monoisotopic (exact) mass is 342 g/mol. The van der Waals surface area contributed by atoms with Gasteiger partial charge in [0.05, 0.1) is 16.6 Å². The zero-order chi connectivity index (χ0) is 14.8. The molecule has 1 aliphatic heterocycles. The highest BCUT2D eigenvalue weighted by molar-refractivity contribution is 6.31. The molecule has 1 amide bonds. The Balaban J connectivity index is 0.00000220. The van der Waals surface area contributed by atoms with E-state index in [1.54, 1.807) is 0 Å². The molecule has 1 aliphatic rings. The Kier molecular flexibility index (Phi) is 6.31. The first-order valence-corrected chi connectivity index (χ1v) is 6.67. The van der Waals surface area contributed by atoms with Gasteiger partial charge in [-0.15, -0.1) is 12.4 Å². The summed E-state index contributed by atoms with van der Waals surface area (Å²) in [6.07, 6.45) is -1.92. The number of nitrogens with one attached hydrogen (secondary N) is 2. The standard InChI is InChI=1S/C13H14ClF3N2O.ClH/c14-10-5-4-8(7-9(10)13(15,16)17)19-12(20)11-3-1-2-6-18-11;/h4-5,7,11,18H,1-3,6H2,(H,19,20);1H/t11-;/m1./s1. The summed E-state index contributed by atoms with van der Waals surface area (Å²) in [6, 6.07) is 2.99. The number of carbonyl (C=O) groups excluding carboxylic acids is 1. The van der Waals surface area contributed by atoms with Crippen LogP contribution in [0.4, 0.5) is 18.9 Å². The molecule has 0 aromatic heterocycles. The Morgan fingerprint density at radius 2 is 2.05 bits per heavy atom. The van der Waals surface area contributed by atoms with Gasteiger partial charge in [-0.1, -0.05) is 18.0 Å². The van der Waals surface area contributed by atoms with Gasteiger partial charge in [0, 0.05) is 5.69 Å². The normalized spacial score (nSPS) is 18.8. The molecule has 0 aliphatic carbocycles. The van der Waals surface area contributed by atoms with Crippen LogP contribution >= 0.6 is 24.0 Å². The van der Waals surface area contributed by atoms with Crippen LogP contribution < -0.4 is 10.6 Å². The molecule has 0 unspecified atom stereocenters. The largest absolute Gasteiger partial charge is 0.417 e. The van der Waals surface area contributed by atoms with E-state index in [2.05, 4.69) is 10.6 Å². The minimum absolute atomic E-state index is 0. The van der Waals surface area contributed by atoms with Crippen molar-refractivity contribution in [1.82, 2.24) is 5.32 Å². The molecule has 3 nitrogen and oxygen atoms in total. The Labute approximate surface area is 131 Å². The molecule has 0 radical (unpaired) electrons. The third kappa shape index (κ3) is 4.76. The van der Waals surface area contributed by atoms with Crippen LogP contribution in [-0.2, 0) is 11.0 Å². The number of alkyl halides is 3. The fraction of sp³-hybridized carbons (Fsp3) is 0.462. The zero-order valence-corrected chi connectivity index (χ0v) is 12.5. The van der Waals surface area contributed by atoms with E-state index in [1.807, 2.05) is 0 Å². The van der Waals surface area contributed by atoms with Crippen molar-refractivity contribution < 1.29 is 18.0 Å². The summed E-state index contributed by atoms with van der Waals surface area (Å²) in [5.74, 6) is -0.319. The summed E-state index contributed by atoms with van der Waals surface area (Å²) in [6.45, 7) is 0.743. The number of amides is 1. The molecular weight excluding hydrogens is 328 g/mol. The summed E-state index contributed by atoms with van der Waals surface area (Å²) in [7, 11) is 0. The van der Waals surface area contributed by atoms with Gasteiger partial charge in [-0.25, -0.2) is 0 Å². The van der Waals surface area contributed by atoms with Crippen molar-refractivity contribution in [2.75, 3.05) is 11.9 Å². The molecule has 8 heteroatoms. The smallest absolute Gasteiger partial charge is 0.325 e. The van der Waals surface area contributed by atoms with Crippen molar-refractivity contribution >= 4 is 35.6 Å². The average Bonchev–Trinajstić information content (AvgIpc) is 2.40. The lowest BCUT2D eigenvalue weighted by atomic mass is 10.0. The van der Waals surface area contributed by atoms with Crippen LogP contribution in [0, 0.1) is 0 Å². The summed E-state index contributed by atoms with van der Waals surface area (Å²) in [5.41, 5.74) is -0.854. The van der Waals surface area contributed by atoms with Gasteiger partial charge in [0.2, 0.25) is 5.91 Å². The second-order valence-electron chi connectivity index (χ2n) is 4.68. The molecule has 2 N–H and O–H groups in total. The molecule has 1 heterocycles. The summed E-state index contributed by atoms with van der Waals surface area (Å²) < 4.78 is 38.1. The van der Waals surface area contributed by atoms with E-state index in [9.17, 15) is 18.0 Å². The lowest BCUT2D eigenvalue weighted by Gasteiger charge is -2.22. The molecule has 1 aromatic carbocycles. The van der Waals surface area contributed by atoms with E-state index in [4.69, 9.17) is 11.6 Å². The quantitative estimate of drug-likeness (QED) is 0.856. The van der Waals surface area contributed by atoms with Crippen molar-refractivity contribution in [2.24, 2.45) is 0 Å². The van der Waals surface area contributed by atoms with Crippen molar-refractivity contribution in [3.8, 4) is 0 Å². The third-order valence-corrected chi connectivity index (χ3v) is 3.50. The van der Waals surface area contributed by atoms with E-state index in [0.717, 1.165) is 31.5 Å². The Morgan fingerprint density at radius 3 is 2.62 bits per heavy atom. The molecule has 1 atom stereocenters. The van der Waals surface area contributed by atoms with Crippen LogP contribution in [-0.4, -0.2) is 18.5 Å². The molecule has 1 saturated heterocycles. The minimum atomic E-state index is -4.54. The van der Waals surface area contributed by atoms with Crippen molar-refractivity contribution in [1.29, 1.82) is 0 Å². The Hall–Kier alpha value is -0.980. The van der Waals surface area contributed by atoms with Crippen LogP contribution in [0.5, 0.6) is 0 Å². The van der Waals surface area contributed by atoms with Gasteiger partial charge in [0.1, 0.15) is 0 Å². The predicted octanol–water partition coefficient (Wildman–Crippen LogP) is 3.86. The number of anilines is 1. The van der Waals surface area contributed by atoms with Gasteiger partial charge in [-0.2, -0.15) is 13.2 Å². The molecule has 2 rings (SSSR count). The van der Waals surface area contributed by atoms with E-state index < -0.39 is 11.7 Å². The second-order valence-corrected chi connectivity index (χ2v) is 5.09. The third-order valence-electron chi connectivity index (χ3n) is 3.17. The Morgan fingerprint density at radius 1 is 1.33 bits per heavy atom. The first-order chi connectivity index (χ1) is 9.38. The molecular formula is C13H15Cl2F3N2O. The molecule has 118 valence electrons. The van der Waals surface area contributed by atoms with E-state index >= 15 is 0 Å². The number of benzene rings is 1. The van der Waals surface area contributed by atoms with E-state index in [1.165, 1.54) is 6.07 Å². The molecule has 0 bridgehead atoms. The second kappa shape index (κ2) is 7.33. The fourth-order valence-electron chi connectivity index (χ4n) is 2.13. The van der Waals surface area contributed by atoms with Gasteiger partial charge in [-0.05, 0) is 37.6 Å². The fourth-order valence-corrected chi connectivity index (χ4v) is 2.35. The highest BCUT2D eigenvalue weighted by Crippen LogP contribution is 2.36. The van der Waals surface area contributed by atoms with Crippen molar-refractivity contribution in [3.05, 3.63) is 28.8 Å². The van der Waals surface area contributed by atoms with E-state index in [0.29, 0.717) is 6.42 Å². The van der Waals surface area contributed by atoms with Crippen molar-refractivity contribution in [2.45, 2.75) is 31.5 Å². The number of carbonyl (C=O) groups is 1. The molecule has 0 spiro atoms. The molecule has 1 fully saturated rings. The maximum absolute atomic E-state index is 12.7. The highest BCUT2D eigenvalue weighted by atomic mass is 35.5. The maximum atomic E-state index is 12.7. The lowest BCUT2D eigenvalue weighted by molar-refractivity contribution is -0.137. The molecule has 0 saturated carbocycles. The van der Waals surface area contributed by atoms with Gasteiger partial charge in [0.15, 0.2) is 0 Å². The first kappa shape index (κ1) is 18.1. The number of halogens is 5. The van der Waals surface area contributed by atoms with E-state index in [-0.39, 0.29) is 35.1 Å². The molecule has 1 aromatic rings.